The predicted octanol–water partition coefficient (Wildman–Crippen LogP) is 5.45. The lowest BCUT2D eigenvalue weighted by molar-refractivity contribution is 1.29. The second-order valence-electron chi connectivity index (χ2n) is 5.00. The summed E-state index contributed by atoms with van der Waals surface area (Å²) in [6.45, 7) is 0. The van der Waals surface area contributed by atoms with Gasteiger partial charge in [0.2, 0.25) is 5.13 Å². The van der Waals surface area contributed by atoms with Crippen molar-refractivity contribution >= 4 is 40.4 Å². The lowest BCUT2D eigenvalue weighted by atomic mass is 10.1. The molecule has 0 aliphatic rings. The highest BCUT2D eigenvalue weighted by Crippen LogP contribution is 2.30. The molecule has 4 nitrogen and oxygen atoms in total. The highest BCUT2D eigenvalue weighted by Gasteiger charge is 2.06. The maximum absolute atomic E-state index is 8.87. The minimum absolute atomic E-state index is 0.632. The van der Waals surface area contributed by atoms with E-state index >= 15 is 0 Å². The van der Waals surface area contributed by atoms with Gasteiger partial charge >= 0.3 is 0 Å². The van der Waals surface area contributed by atoms with Crippen molar-refractivity contribution < 1.29 is 0 Å². The molecule has 0 amide bonds. The maximum Gasteiger partial charge on any atom is 0.203 e. The number of hydrogen-bond acceptors (Lipinski definition) is 5. The Hall–Kier alpha value is -2.94. The molecule has 3 rings (SSSR count). The molecule has 0 radical (unpaired) electrons. The third-order valence-electron chi connectivity index (χ3n) is 3.28. The van der Waals surface area contributed by atoms with Crippen molar-refractivity contribution in [3.8, 4) is 17.3 Å². The largest absolute Gasteiger partial charge is 0.253 e. The standard InChI is InChI=1S/C19H13ClN4S/c20-17-9-2-1-8-16(17)18-13-25-19(23-18)24-22-10-4-7-14-5-3-6-15(11-14)12-21/h1-11,13H,(H,23,24)/b7-4+,22-10+. The van der Waals surface area contributed by atoms with Gasteiger partial charge in [-0.25, -0.2) is 4.98 Å². The SMILES string of the molecule is N#Cc1cccc(/C=C/C=N/Nc2nc(-c3ccccc3Cl)cs2)c1. The molecule has 0 spiro atoms. The first-order valence-electron chi connectivity index (χ1n) is 7.42. The van der Waals surface area contributed by atoms with Crippen molar-refractivity contribution in [1.29, 1.82) is 5.26 Å². The minimum atomic E-state index is 0.632. The first kappa shape index (κ1) is 16.9. The molecular weight excluding hydrogens is 352 g/mol. The molecule has 122 valence electrons. The summed E-state index contributed by atoms with van der Waals surface area (Å²) in [7, 11) is 0. The van der Waals surface area contributed by atoms with Crippen molar-refractivity contribution in [1.82, 2.24) is 4.98 Å². The second kappa shape index (κ2) is 8.25. The summed E-state index contributed by atoms with van der Waals surface area (Å²) < 4.78 is 0. The van der Waals surface area contributed by atoms with Crippen LogP contribution in [0.3, 0.4) is 0 Å². The highest BCUT2D eigenvalue weighted by atomic mass is 35.5. The number of anilines is 1. The van der Waals surface area contributed by atoms with Gasteiger partial charge in [-0.3, -0.25) is 5.43 Å². The molecular formula is C19H13ClN4S. The van der Waals surface area contributed by atoms with E-state index in [0.29, 0.717) is 15.7 Å². The van der Waals surface area contributed by atoms with E-state index in [2.05, 4.69) is 21.6 Å². The van der Waals surface area contributed by atoms with Crippen LogP contribution in [0.2, 0.25) is 5.02 Å². The molecule has 1 aromatic heterocycles. The topological polar surface area (TPSA) is 61.1 Å². The molecule has 25 heavy (non-hydrogen) atoms. The number of halogens is 1. The van der Waals surface area contributed by atoms with Crippen LogP contribution in [0.15, 0.2) is 65.1 Å². The monoisotopic (exact) mass is 364 g/mol. The van der Waals surface area contributed by atoms with Gasteiger partial charge in [0.15, 0.2) is 0 Å². The van der Waals surface area contributed by atoms with Gasteiger partial charge in [0.1, 0.15) is 0 Å². The van der Waals surface area contributed by atoms with Crippen LogP contribution >= 0.6 is 22.9 Å². The Balaban J connectivity index is 1.61. The lowest BCUT2D eigenvalue weighted by Crippen LogP contribution is -1.87. The zero-order valence-electron chi connectivity index (χ0n) is 13.1. The number of hydrogen-bond donors (Lipinski definition) is 1. The average Bonchev–Trinajstić information content (AvgIpc) is 3.10. The Morgan fingerprint density at radius 2 is 2.08 bits per heavy atom. The van der Waals surface area contributed by atoms with Crippen LogP contribution in [0.5, 0.6) is 0 Å². The van der Waals surface area contributed by atoms with Crippen molar-refractivity contribution in [2.24, 2.45) is 5.10 Å². The Bertz CT molecular complexity index is 969. The summed E-state index contributed by atoms with van der Waals surface area (Å²) in [5, 5.41) is 16.3. The molecule has 2 aromatic carbocycles. The van der Waals surface area contributed by atoms with Crippen molar-refractivity contribution in [2.45, 2.75) is 0 Å². The van der Waals surface area contributed by atoms with Crippen LogP contribution in [0.1, 0.15) is 11.1 Å². The van der Waals surface area contributed by atoms with E-state index in [1.165, 1.54) is 11.3 Å². The number of allylic oxidation sites excluding steroid dienone is 1. The van der Waals surface area contributed by atoms with Gasteiger partial charge in [0.25, 0.3) is 0 Å². The smallest absolute Gasteiger partial charge is 0.203 e. The molecule has 0 atom stereocenters. The first-order valence-corrected chi connectivity index (χ1v) is 8.68. The summed E-state index contributed by atoms with van der Waals surface area (Å²) in [4.78, 5) is 4.47. The van der Waals surface area contributed by atoms with Crippen molar-refractivity contribution in [3.05, 3.63) is 76.1 Å². The van der Waals surface area contributed by atoms with Crippen LogP contribution in [0, 0.1) is 11.3 Å². The molecule has 1 N–H and O–H groups in total. The summed E-state index contributed by atoms with van der Waals surface area (Å²) >= 11 is 7.64. The molecule has 0 unspecified atom stereocenters. The fourth-order valence-corrected chi connectivity index (χ4v) is 3.01. The average molecular weight is 365 g/mol. The Morgan fingerprint density at radius 3 is 2.92 bits per heavy atom. The van der Waals surface area contributed by atoms with Crippen LogP contribution in [-0.4, -0.2) is 11.2 Å². The zero-order valence-corrected chi connectivity index (χ0v) is 14.6. The number of benzene rings is 2. The van der Waals surface area contributed by atoms with E-state index in [1.807, 2.05) is 53.9 Å². The number of nitrogens with one attached hydrogen (secondary N) is 1. The van der Waals surface area contributed by atoms with E-state index in [0.717, 1.165) is 16.8 Å². The quantitative estimate of drug-likeness (QED) is 0.484. The molecule has 0 aliphatic carbocycles. The minimum Gasteiger partial charge on any atom is -0.253 e. The summed E-state index contributed by atoms with van der Waals surface area (Å²) in [5.41, 5.74) is 6.18. The fourth-order valence-electron chi connectivity index (χ4n) is 2.12. The third kappa shape index (κ3) is 4.54. The molecule has 0 bridgehead atoms. The second-order valence-corrected chi connectivity index (χ2v) is 6.27. The number of rotatable bonds is 5. The Morgan fingerprint density at radius 1 is 1.20 bits per heavy atom. The molecule has 6 heteroatoms. The number of nitriles is 1. The van der Waals surface area contributed by atoms with E-state index in [9.17, 15) is 0 Å². The molecule has 3 aromatic rings. The fraction of sp³-hybridized carbons (Fsp3) is 0. The number of hydrazone groups is 1. The Kier molecular flexibility index (Phi) is 5.57. The number of nitrogens with zero attached hydrogens (tertiary/aromatic N) is 3. The predicted molar refractivity (Wildman–Crippen MR) is 105 cm³/mol. The van der Waals surface area contributed by atoms with Gasteiger partial charge in [-0.15, -0.1) is 11.3 Å². The van der Waals surface area contributed by atoms with Gasteiger partial charge in [-0.1, -0.05) is 48.0 Å². The van der Waals surface area contributed by atoms with Crippen LogP contribution < -0.4 is 5.43 Å². The van der Waals surface area contributed by atoms with Crippen LogP contribution in [0.25, 0.3) is 17.3 Å². The molecule has 0 fully saturated rings. The van der Waals surface area contributed by atoms with Gasteiger partial charge in [-0.2, -0.15) is 10.4 Å². The highest BCUT2D eigenvalue weighted by molar-refractivity contribution is 7.14. The number of thiazole rings is 1. The molecule has 1 heterocycles. The van der Waals surface area contributed by atoms with E-state index < -0.39 is 0 Å². The molecule has 0 saturated heterocycles. The van der Waals surface area contributed by atoms with Gasteiger partial charge in [-0.05, 0) is 29.8 Å². The summed E-state index contributed by atoms with van der Waals surface area (Å²) in [6, 6.07) is 17.1. The van der Waals surface area contributed by atoms with Gasteiger partial charge in [0.05, 0.1) is 17.3 Å². The first-order chi connectivity index (χ1) is 12.3. The zero-order chi connectivity index (χ0) is 17.5. The molecule has 0 aliphatic heterocycles. The number of aromatic nitrogens is 1. The van der Waals surface area contributed by atoms with E-state index in [-0.39, 0.29) is 0 Å². The van der Waals surface area contributed by atoms with E-state index in [1.54, 1.807) is 18.4 Å². The van der Waals surface area contributed by atoms with Crippen LogP contribution in [0.4, 0.5) is 5.13 Å². The van der Waals surface area contributed by atoms with E-state index in [4.69, 9.17) is 16.9 Å². The van der Waals surface area contributed by atoms with Crippen molar-refractivity contribution in [3.63, 3.8) is 0 Å². The summed E-state index contributed by atoms with van der Waals surface area (Å²) in [5.74, 6) is 0. The van der Waals surface area contributed by atoms with Gasteiger partial charge in [0, 0.05) is 22.2 Å². The third-order valence-corrected chi connectivity index (χ3v) is 4.36. The Labute approximate surface area is 154 Å². The normalized spacial score (nSPS) is 11.0. The summed E-state index contributed by atoms with van der Waals surface area (Å²) in [6.07, 6.45) is 5.31. The lowest BCUT2D eigenvalue weighted by Gasteiger charge is -1.98. The van der Waals surface area contributed by atoms with Crippen LogP contribution in [-0.2, 0) is 0 Å². The van der Waals surface area contributed by atoms with Crippen molar-refractivity contribution in [2.75, 3.05) is 5.43 Å². The maximum atomic E-state index is 8.87. The molecule has 0 saturated carbocycles. The van der Waals surface area contributed by atoms with Gasteiger partial charge < -0.3 is 0 Å².